The molecule has 0 saturated carbocycles. The highest BCUT2D eigenvalue weighted by Gasteiger charge is 2.42. The summed E-state index contributed by atoms with van der Waals surface area (Å²) in [6, 6.07) is 10.2. The first kappa shape index (κ1) is 21.5. The van der Waals surface area contributed by atoms with Gasteiger partial charge < -0.3 is 0 Å². The number of likely N-dealkylation sites (tertiary alicyclic amines) is 1. The topological polar surface area (TPSA) is 101 Å². The summed E-state index contributed by atoms with van der Waals surface area (Å²) in [5.74, 6) is -0.938. The van der Waals surface area contributed by atoms with Gasteiger partial charge in [0.2, 0.25) is 10.0 Å². The number of halogens is 2. The number of sulfonamides is 1. The number of hydrogen-bond acceptors (Lipinski definition) is 5. The SMILES string of the molecule is NS(=O)(=O)c1cc2c(cc1Cl)C(=O)N(C1CCN(Cc3ccc(Br)cc3)CC1)C2=O. The quantitative estimate of drug-likeness (QED) is 0.635. The number of amides is 2. The van der Waals surface area contributed by atoms with Crippen molar-refractivity contribution in [2.75, 3.05) is 13.1 Å². The van der Waals surface area contributed by atoms with Crippen LogP contribution >= 0.6 is 27.5 Å². The number of rotatable bonds is 4. The average Bonchev–Trinajstić information content (AvgIpc) is 2.93. The molecule has 4 rings (SSSR count). The zero-order chi connectivity index (χ0) is 21.6. The average molecular weight is 513 g/mol. The van der Waals surface area contributed by atoms with Gasteiger partial charge in [0.1, 0.15) is 4.90 Å². The maximum absolute atomic E-state index is 12.9. The van der Waals surface area contributed by atoms with E-state index >= 15 is 0 Å². The minimum absolute atomic E-state index is 0.0331. The van der Waals surface area contributed by atoms with Gasteiger partial charge in [-0.1, -0.05) is 39.7 Å². The Hall–Kier alpha value is -1.78. The van der Waals surface area contributed by atoms with Crippen molar-refractivity contribution in [2.45, 2.75) is 30.3 Å². The van der Waals surface area contributed by atoms with E-state index < -0.39 is 21.8 Å². The second-order valence-electron chi connectivity index (χ2n) is 7.49. The Kier molecular flexibility index (Phi) is 5.75. The molecule has 2 heterocycles. The monoisotopic (exact) mass is 511 g/mol. The number of benzene rings is 2. The molecule has 0 spiro atoms. The Labute approximate surface area is 188 Å². The zero-order valence-electron chi connectivity index (χ0n) is 15.8. The molecule has 0 aromatic heterocycles. The van der Waals surface area contributed by atoms with E-state index in [1.807, 2.05) is 12.1 Å². The molecule has 0 aliphatic carbocycles. The summed E-state index contributed by atoms with van der Waals surface area (Å²) in [7, 11) is -4.10. The number of primary sulfonamides is 1. The van der Waals surface area contributed by atoms with Crippen molar-refractivity contribution in [1.82, 2.24) is 9.80 Å². The Morgan fingerprint density at radius 1 is 1.03 bits per heavy atom. The molecule has 0 radical (unpaired) electrons. The molecule has 1 fully saturated rings. The smallest absolute Gasteiger partial charge is 0.261 e. The van der Waals surface area contributed by atoms with Gasteiger partial charge >= 0.3 is 0 Å². The molecule has 30 heavy (non-hydrogen) atoms. The summed E-state index contributed by atoms with van der Waals surface area (Å²) in [6.07, 6.45) is 1.30. The Balaban J connectivity index is 1.48. The van der Waals surface area contributed by atoms with Gasteiger partial charge in [0, 0.05) is 30.1 Å². The van der Waals surface area contributed by atoms with E-state index in [1.54, 1.807) is 0 Å². The molecule has 2 aliphatic rings. The second-order valence-corrected chi connectivity index (χ2v) is 10.3. The van der Waals surface area contributed by atoms with Crippen molar-refractivity contribution < 1.29 is 18.0 Å². The van der Waals surface area contributed by atoms with Crippen LogP contribution in [0.25, 0.3) is 0 Å². The van der Waals surface area contributed by atoms with Crippen LogP contribution in [0.3, 0.4) is 0 Å². The number of hydrogen-bond donors (Lipinski definition) is 1. The Bertz CT molecular complexity index is 1130. The van der Waals surface area contributed by atoms with Crippen LogP contribution in [0.15, 0.2) is 45.8 Å². The summed E-state index contributed by atoms with van der Waals surface area (Å²) in [5.41, 5.74) is 1.35. The van der Waals surface area contributed by atoms with E-state index in [9.17, 15) is 18.0 Å². The van der Waals surface area contributed by atoms with Crippen molar-refractivity contribution in [3.8, 4) is 0 Å². The molecule has 2 amide bonds. The van der Waals surface area contributed by atoms with Crippen LogP contribution in [0.5, 0.6) is 0 Å². The minimum Gasteiger partial charge on any atom is -0.299 e. The fourth-order valence-electron chi connectivity index (χ4n) is 3.99. The standard InChI is InChI=1S/C20H19BrClN3O4S/c21-13-3-1-12(2-4-13)11-24-7-5-14(6-8-24)25-19(26)15-9-17(22)18(30(23,28)29)10-16(15)20(25)27/h1-4,9-10,14H,5-8,11H2,(H2,23,28,29). The van der Waals surface area contributed by atoms with Gasteiger partial charge in [-0.3, -0.25) is 19.4 Å². The van der Waals surface area contributed by atoms with Crippen molar-refractivity contribution in [1.29, 1.82) is 0 Å². The second kappa shape index (κ2) is 8.05. The number of imide groups is 1. The van der Waals surface area contributed by atoms with Gasteiger partial charge in [-0.2, -0.15) is 0 Å². The fourth-order valence-corrected chi connectivity index (χ4v) is 5.36. The molecule has 0 atom stereocenters. The molecule has 2 aromatic carbocycles. The number of carbonyl (C=O) groups is 2. The lowest BCUT2D eigenvalue weighted by molar-refractivity contribution is 0.0498. The third kappa shape index (κ3) is 4.04. The Morgan fingerprint density at radius 3 is 2.17 bits per heavy atom. The molecule has 0 unspecified atom stereocenters. The molecule has 7 nitrogen and oxygen atoms in total. The largest absolute Gasteiger partial charge is 0.299 e. The molecule has 10 heteroatoms. The third-order valence-electron chi connectivity index (χ3n) is 5.52. The highest BCUT2D eigenvalue weighted by atomic mass is 79.9. The summed E-state index contributed by atoms with van der Waals surface area (Å²) in [6.45, 7) is 2.30. The molecule has 2 N–H and O–H groups in total. The van der Waals surface area contributed by atoms with Crippen LogP contribution in [0, 0.1) is 0 Å². The first-order chi connectivity index (χ1) is 14.1. The van der Waals surface area contributed by atoms with E-state index in [-0.39, 0.29) is 27.1 Å². The zero-order valence-corrected chi connectivity index (χ0v) is 19.0. The van der Waals surface area contributed by atoms with Crippen molar-refractivity contribution >= 4 is 49.4 Å². The van der Waals surface area contributed by atoms with Crippen molar-refractivity contribution in [3.05, 3.63) is 62.6 Å². The molecule has 2 aromatic rings. The minimum atomic E-state index is -4.10. The van der Waals surface area contributed by atoms with Crippen LogP contribution < -0.4 is 5.14 Å². The highest BCUT2D eigenvalue weighted by molar-refractivity contribution is 9.10. The van der Waals surface area contributed by atoms with Gasteiger partial charge in [0.05, 0.1) is 16.1 Å². The number of piperidine rings is 1. The highest BCUT2D eigenvalue weighted by Crippen LogP contribution is 2.33. The van der Waals surface area contributed by atoms with Crippen LogP contribution in [0.1, 0.15) is 39.1 Å². The van der Waals surface area contributed by atoms with Gasteiger partial charge in [0.25, 0.3) is 11.8 Å². The summed E-state index contributed by atoms with van der Waals surface area (Å²) in [5, 5.41) is 5.00. The maximum atomic E-state index is 12.9. The number of nitrogens with zero attached hydrogens (tertiary/aromatic N) is 2. The van der Waals surface area contributed by atoms with Crippen LogP contribution in [-0.4, -0.2) is 49.2 Å². The van der Waals surface area contributed by atoms with E-state index in [4.69, 9.17) is 16.7 Å². The lowest BCUT2D eigenvalue weighted by Crippen LogP contribution is -2.47. The Morgan fingerprint density at radius 2 is 1.60 bits per heavy atom. The lowest BCUT2D eigenvalue weighted by Gasteiger charge is -2.35. The van der Waals surface area contributed by atoms with Gasteiger partial charge in [-0.15, -0.1) is 0 Å². The van der Waals surface area contributed by atoms with E-state index in [0.717, 1.165) is 30.2 Å². The molecule has 0 bridgehead atoms. The number of carbonyl (C=O) groups excluding carboxylic acids is 2. The summed E-state index contributed by atoms with van der Waals surface area (Å²) in [4.78, 5) is 29.0. The van der Waals surface area contributed by atoms with Gasteiger partial charge in [-0.05, 0) is 42.7 Å². The third-order valence-corrected chi connectivity index (χ3v) is 7.42. The van der Waals surface area contributed by atoms with E-state index in [1.165, 1.54) is 16.5 Å². The summed E-state index contributed by atoms with van der Waals surface area (Å²) >= 11 is 9.42. The van der Waals surface area contributed by atoms with Crippen molar-refractivity contribution in [3.63, 3.8) is 0 Å². The van der Waals surface area contributed by atoms with Gasteiger partial charge in [0.15, 0.2) is 0 Å². The number of nitrogens with two attached hydrogens (primary N) is 1. The molecular weight excluding hydrogens is 494 g/mol. The van der Waals surface area contributed by atoms with Crippen LogP contribution in [0.2, 0.25) is 5.02 Å². The maximum Gasteiger partial charge on any atom is 0.261 e. The predicted octanol–water partition coefficient (Wildman–Crippen LogP) is 3.01. The number of fused-ring (bicyclic) bond motifs is 1. The first-order valence-corrected chi connectivity index (χ1v) is 12.1. The molecule has 2 aliphatic heterocycles. The fraction of sp³-hybridized carbons (Fsp3) is 0.300. The normalized spacial score (nSPS) is 18.2. The molecular formula is C20H19BrClN3O4S. The van der Waals surface area contributed by atoms with Crippen LogP contribution in [0.4, 0.5) is 0 Å². The molecule has 158 valence electrons. The summed E-state index contributed by atoms with van der Waals surface area (Å²) < 4.78 is 24.4. The van der Waals surface area contributed by atoms with Gasteiger partial charge in [-0.25, -0.2) is 13.6 Å². The van der Waals surface area contributed by atoms with Crippen LogP contribution in [-0.2, 0) is 16.6 Å². The predicted molar refractivity (Wildman–Crippen MR) is 116 cm³/mol. The van der Waals surface area contributed by atoms with E-state index in [2.05, 4.69) is 33.0 Å². The lowest BCUT2D eigenvalue weighted by atomic mass is 10.0. The van der Waals surface area contributed by atoms with E-state index in [0.29, 0.717) is 12.8 Å². The first-order valence-electron chi connectivity index (χ1n) is 9.36. The molecule has 1 saturated heterocycles. The van der Waals surface area contributed by atoms with Crippen molar-refractivity contribution in [2.24, 2.45) is 5.14 Å².